The van der Waals surface area contributed by atoms with E-state index in [1.54, 1.807) is 43.4 Å². The van der Waals surface area contributed by atoms with Gasteiger partial charge in [-0.25, -0.2) is 0 Å². The average Bonchev–Trinajstić information content (AvgIpc) is 2.70. The Labute approximate surface area is 160 Å². The van der Waals surface area contributed by atoms with Gasteiger partial charge < -0.3 is 19.7 Å². The predicted molar refractivity (Wildman–Crippen MR) is 104 cm³/mol. The fourth-order valence-corrected chi connectivity index (χ4v) is 2.74. The molecule has 0 heterocycles. The summed E-state index contributed by atoms with van der Waals surface area (Å²) in [5.41, 5.74) is 1.60. The summed E-state index contributed by atoms with van der Waals surface area (Å²) in [7, 11) is 3.22. The number of nitrogens with one attached hydrogen (secondary N) is 1. The van der Waals surface area contributed by atoms with Gasteiger partial charge in [0.15, 0.2) is 0 Å². The van der Waals surface area contributed by atoms with Gasteiger partial charge in [-0.2, -0.15) is 0 Å². The lowest BCUT2D eigenvalue weighted by Crippen LogP contribution is -2.38. The van der Waals surface area contributed by atoms with Crippen LogP contribution in [0.15, 0.2) is 48.5 Å². The minimum Gasteiger partial charge on any atom is -0.497 e. The highest BCUT2D eigenvalue weighted by Gasteiger charge is 2.12. The molecule has 0 saturated heterocycles. The number of para-hydroxylation sites is 1. The Kier molecular flexibility index (Phi) is 7.67. The van der Waals surface area contributed by atoms with E-state index in [9.17, 15) is 9.59 Å². The van der Waals surface area contributed by atoms with Gasteiger partial charge in [0.2, 0.25) is 5.91 Å². The molecule has 6 heteroatoms. The highest BCUT2D eigenvalue weighted by Crippen LogP contribution is 2.18. The van der Waals surface area contributed by atoms with Crippen LogP contribution in [0.5, 0.6) is 11.5 Å². The molecule has 1 N–H and O–H groups in total. The van der Waals surface area contributed by atoms with Gasteiger partial charge in [-0.3, -0.25) is 9.59 Å². The van der Waals surface area contributed by atoms with Crippen molar-refractivity contribution in [3.05, 3.63) is 59.7 Å². The van der Waals surface area contributed by atoms with Crippen molar-refractivity contribution in [2.24, 2.45) is 0 Å². The van der Waals surface area contributed by atoms with E-state index in [0.717, 1.165) is 11.3 Å². The van der Waals surface area contributed by atoms with Gasteiger partial charge >= 0.3 is 0 Å². The number of nitrogens with zero attached hydrogens (tertiary/aromatic N) is 1. The standard InChI is InChI=1S/C21H26N2O4/c1-16(24)23(14-12-17-6-4-5-7-20(17)27-3)15-13-22-21(25)18-8-10-19(26-2)11-9-18/h4-11H,12-15H2,1-3H3,(H,22,25). The SMILES string of the molecule is COc1ccc(C(=O)NCCN(CCc2ccccc2OC)C(C)=O)cc1. The lowest BCUT2D eigenvalue weighted by Gasteiger charge is -2.22. The molecule has 0 aliphatic rings. The van der Waals surface area contributed by atoms with Crippen molar-refractivity contribution in [1.82, 2.24) is 10.2 Å². The number of ether oxygens (including phenoxy) is 2. The van der Waals surface area contributed by atoms with E-state index >= 15 is 0 Å². The van der Waals surface area contributed by atoms with Crippen LogP contribution in [-0.4, -0.2) is 50.6 Å². The van der Waals surface area contributed by atoms with Crippen LogP contribution in [0.4, 0.5) is 0 Å². The molecular weight excluding hydrogens is 344 g/mol. The van der Waals surface area contributed by atoms with Gasteiger partial charge in [-0.15, -0.1) is 0 Å². The van der Waals surface area contributed by atoms with Crippen LogP contribution in [0, 0.1) is 0 Å². The molecule has 27 heavy (non-hydrogen) atoms. The fourth-order valence-electron chi connectivity index (χ4n) is 2.74. The number of methoxy groups -OCH3 is 2. The van der Waals surface area contributed by atoms with Crippen LogP contribution in [0.3, 0.4) is 0 Å². The lowest BCUT2D eigenvalue weighted by molar-refractivity contribution is -0.128. The molecule has 0 aliphatic carbocycles. The average molecular weight is 370 g/mol. The summed E-state index contributed by atoms with van der Waals surface area (Å²) in [6.07, 6.45) is 0.690. The van der Waals surface area contributed by atoms with Crippen LogP contribution in [-0.2, 0) is 11.2 Å². The Balaban J connectivity index is 1.85. The summed E-state index contributed by atoms with van der Waals surface area (Å²) in [5.74, 6) is 1.31. The third kappa shape index (κ3) is 6.02. The number of rotatable bonds is 9. The lowest BCUT2D eigenvalue weighted by atomic mass is 10.1. The van der Waals surface area contributed by atoms with Crippen LogP contribution in [0.2, 0.25) is 0 Å². The molecule has 0 aromatic heterocycles. The fraction of sp³-hybridized carbons (Fsp3) is 0.333. The van der Waals surface area contributed by atoms with E-state index in [1.165, 1.54) is 6.92 Å². The molecule has 0 saturated carbocycles. The normalized spacial score (nSPS) is 10.2. The smallest absolute Gasteiger partial charge is 0.251 e. The largest absolute Gasteiger partial charge is 0.497 e. The molecule has 6 nitrogen and oxygen atoms in total. The molecule has 0 aliphatic heterocycles. The summed E-state index contributed by atoms with van der Waals surface area (Å²) < 4.78 is 10.4. The van der Waals surface area contributed by atoms with E-state index in [1.807, 2.05) is 24.3 Å². The first-order chi connectivity index (χ1) is 13.0. The maximum absolute atomic E-state index is 12.2. The topological polar surface area (TPSA) is 67.9 Å². The van der Waals surface area contributed by atoms with Crippen LogP contribution >= 0.6 is 0 Å². The first-order valence-corrected chi connectivity index (χ1v) is 8.84. The van der Waals surface area contributed by atoms with E-state index in [2.05, 4.69) is 5.32 Å². The number of amides is 2. The van der Waals surface area contributed by atoms with Gasteiger partial charge in [-0.05, 0) is 42.3 Å². The number of hydrogen-bond donors (Lipinski definition) is 1. The van der Waals surface area contributed by atoms with E-state index in [4.69, 9.17) is 9.47 Å². The van der Waals surface area contributed by atoms with Crippen molar-refractivity contribution < 1.29 is 19.1 Å². The van der Waals surface area contributed by atoms with Crippen molar-refractivity contribution in [2.75, 3.05) is 33.9 Å². The molecule has 2 aromatic rings. The molecule has 2 aromatic carbocycles. The second kappa shape index (κ2) is 10.2. The molecule has 2 amide bonds. The molecule has 0 atom stereocenters. The van der Waals surface area contributed by atoms with Gasteiger partial charge in [0, 0.05) is 32.1 Å². The highest BCUT2D eigenvalue weighted by molar-refractivity contribution is 5.94. The van der Waals surface area contributed by atoms with Crippen LogP contribution < -0.4 is 14.8 Å². The number of benzene rings is 2. The Bertz CT molecular complexity index is 759. The summed E-state index contributed by atoms with van der Waals surface area (Å²) in [5, 5.41) is 2.84. The maximum atomic E-state index is 12.2. The van der Waals surface area contributed by atoms with Gasteiger partial charge in [0.25, 0.3) is 5.91 Å². The quantitative estimate of drug-likeness (QED) is 0.737. The molecule has 0 unspecified atom stereocenters. The van der Waals surface area contributed by atoms with E-state index in [-0.39, 0.29) is 11.8 Å². The van der Waals surface area contributed by atoms with Gasteiger partial charge in [0.1, 0.15) is 11.5 Å². The molecule has 2 rings (SSSR count). The third-order valence-corrected chi connectivity index (χ3v) is 4.31. The van der Waals surface area contributed by atoms with Crippen LogP contribution in [0.1, 0.15) is 22.8 Å². The second-order valence-corrected chi connectivity index (χ2v) is 6.05. The highest BCUT2D eigenvalue weighted by atomic mass is 16.5. The maximum Gasteiger partial charge on any atom is 0.251 e. The van der Waals surface area contributed by atoms with E-state index < -0.39 is 0 Å². The van der Waals surface area contributed by atoms with Crippen molar-refractivity contribution in [3.63, 3.8) is 0 Å². The minimum atomic E-state index is -0.175. The zero-order valence-corrected chi connectivity index (χ0v) is 16.0. The molecule has 0 spiro atoms. The predicted octanol–water partition coefficient (Wildman–Crippen LogP) is 2.52. The zero-order chi connectivity index (χ0) is 19.6. The Morgan fingerprint density at radius 1 is 0.963 bits per heavy atom. The summed E-state index contributed by atoms with van der Waals surface area (Å²) >= 11 is 0. The third-order valence-electron chi connectivity index (χ3n) is 4.31. The summed E-state index contributed by atoms with van der Waals surface area (Å²) in [4.78, 5) is 25.8. The van der Waals surface area contributed by atoms with E-state index in [0.29, 0.717) is 37.4 Å². The van der Waals surface area contributed by atoms with Crippen LogP contribution in [0.25, 0.3) is 0 Å². The first-order valence-electron chi connectivity index (χ1n) is 8.84. The molecule has 0 radical (unpaired) electrons. The number of carbonyl (C=O) groups is 2. The number of hydrogen-bond acceptors (Lipinski definition) is 4. The monoisotopic (exact) mass is 370 g/mol. The second-order valence-electron chi connectivity index (χ2n) is 6.05. The van der Waals surface area contributed by atoms with Crippen molar-refractivity contribution in [2.45, 2.75) is 13.3 Å². The molecule has 0 bridgehead atoms. The zero-order valence-electron chi connectivity index (χ0n) is 16.0. The Morgan fingerprint density at radius 2 is 1.67 bits per heavy atom. The minimum absolute atomic E-state index is 0.0244. The Morgan fingerprint density at radius 3 is 2.30 bits per heavy atom. The number of carbonyl (C=O) groups excluding carboxylic acids is 2. The summed E-state index contributed by atoms with van der Waals surface area (Å²) in [6.45, 7) is 2.93. The molecular formula is C21H26N2O4. The van der Waals surface area contributed by atoms with Crippen molar-refractivity contribution in [1.29, 1.82) is 0 Å². The Hall–Kier alpha value is -3.02. The van der Waals surface area contributed by atoms with Gasteiger partial charge in [0.05, 0.1) is 14.2 Å². The first kappa shape index (κ1) is 20.3. The molecule has 144 valence electrons. The van der Waals surface area contributed by atoms with Crippen molar-refractivity contribution >= 4 is 11.8 Å². The van der Waals surface area contributed by atoms with Gasteiger partial charge in [-0.1, -0.05) is 18.2 Å². The van der Waals surface area contributed by atoms with Crippen molar-refractivity contribution in [3.8, 4) is 11.5 Å². The molecule has 0 fully saturated rings. The summed E-state index contributed by atoms with van der Waals surface area (Å²) in [6, 6.07) is 14.7.